The van der Waals surface area contributed by atoms with E-state index in [9.17, 15) is 4.79 Å². The summed E-state index contributed by atoms with van der Waals surface area (Å²) in [6, 6.07) is 5.63. The van der Waals surface area contributed by atoms with Crippen molar-refractivity contribution in [3.05, 3.63) is 18.2 Å². The van der Waals surface area contributed by atoms with Gasteiger partial charge in [-0.1, -0.05) is 6.07 Å². The first-order valence-electron chi connectivity index (χ1n) is 7.24. The van der Waals surface area contributed by atoms with E-state index in [1.165, 1.54) is 0 Å². The zero-order valence-electron chi connectivity index (χ0n) is 13.2. The number of nitrogens with zero attached hydrogens (tertiary/aromatic N) is 3. The van der Waals surface area contributed by atoms with Crippen molar-refractivity contribution in [1.82, 2.24) is 9.88 Å². The number of pyridine rings is 1. The standard InChI is InChI=1S/C15H24N4O2/c1-15(2,3)21-14(20)17-12-6-5-7-13(16-12)19-10-8-18(4)9-11-19/h5-7H,8-11H2,1-4H3,(H,16,17,20). The zero-order valence-corrected chi connectivity index (χ0v) is 13.2. The van der Waals surface area contributed by atoms with E-state index < -0.39 is 11.7 Å². The van der Waals surface area contributed by atoms with Gasteiger partial charge in [0.25, 0.3) is 0 Å². The Labute approximate surface area is 126 Å². The van der Waals surface area contributed by atoms with Crippen LogP contribution in [0.3, 0.4) is 0 Å². The van der Waals surface area contributed by atoms with Crippen molar-refractivity contribution in [1.29, 1.82) is 0 Å². The number of carbonyl (C=O) groups excluding carboxylic acids is 1. The van der Waals surface area contributed by atoms with E-state index >= 15 is 0 Å². The molecule has 6 heteroatoms. The monoisotopic (exact) mass is 292 g/mol. The molecule has 1 fully saturated rings. The first-order chi connectivity index (χ1) is 9.83. The van der Waals surface area contributed by atoms with Crippen LogP contribution in [0.4, 0.5) is 16.4 Å². The Morgan fingerprint density at radius 2 is 1.90 bits per heavy atom. The molecule has 6 nitrogen and oxygen atoms in total. The first-order valence-corrected chi connectivity index (χ1v) is 7.24. The molecule has 0 saturated carbocycles. The van der Waals surface area contributed by atoms with E-state index in [0.29, 0.717) is 5.82 Å². The molecule has 1 aromatic heterocycles. The summed E-state index contributed by atoms with van der Waals surface area (Å²) in [5.41, 5.74) is -0.515. The predicted octanol–water partition coefficient (Wildman–Crippen LogP) is 2.18. The fourth-order valence-electron chi connectivity index (χ4n) is 2.11. The number of aromatic nitrogens is 1. The third-order valence-electron chi connectivity index (χ3n) is 3.19. The second kappa shape index (κ2) is 6.30. The lowest BCUT2D eigenvalue weighted by Gasteiger charge is -2.33. The van der Waals surface area contributed by atoms with E-state index in [0.717, 1.165) is 32.0 Å². The molecule has 0 aromatic carbocycles. The first kappa shape index (κ1) is 15.6. The van der Waals surface area contributed by atoms with Crippen LogP contribution in [0.5, 0.6) is 0 Å². The highest BCUT2D eigenvalue weighted by Gasteiger charge is 2.18. The second-order valence-electron chi connectivity index (χ2n) is 6.30. The van der Waals surface area contributed by atoms with Crippen LogP contribution in [0.25, 0.3) is 0 Å². The van der Waals surface area contributed by atoms with Crippen LogP contribution in [0.2, 0.25) is 0 Å². The summed E-state index contributed by atoms with van der Waals surface area (Å²) in [6.45, 7) is 9.43. The van der Waals surface area contributed by atoms with Gasteiger partial charge in [-0.15, -0.1) is 0 Å². The number of anilines is 2. The number of likely N-dealkylation sites (N-methyl/N-ethyl adjacent to an activating group) is 1. The lowest BCUT2D eigenvalue weighted by atomic mass is 10.2. The van der Waals surface area contributed by atoms with Gasteiger partial charge in [0.15, 0.2) is 0 Å². The van der Waals surface area contributed by atoms with Gasteiger partial charge in [0.05, 0.1) is 0 Å². The molecule has 0 atom stereocenters. The highest BCUT2D eigenvalue weighted by atomic mass is 16.6. The maximum absolute atomic E-state index is 11.8. The lowest BCUT2D eigenvalue weighted by Crippen LogP contribution is -2.44. The molecule has 2 rings (SSSR count). The number of carbonyl (C=O) groups is 1. The number of ether oxygens (including phenoxy) is 1. The van der Waals surface area contributed by atoms with Crippen LogP contribution in [0, 0.1) is 0 Å². The van der Waals surface area contributed by atoms with E-state index in [1.54, 1.807) is 6.07 Å². The molecule has 1 aliphatic heterocycles. The van der Waals surface area contributed by atoms with Gasteiger partial charge < -0.3 is 14.5 Å². The van der Waals surface area contributed by atoms with Crippen LogP contribution in [-0.2, 0) is 4.74 Å². The summed E-state index contributed by atoms with van der Waals surface area (Å²) in [5, 5.41) is 2.68. The Bertz CT molecular complexity index is 491. The number of piperazine rings is 1. The molecule has 116 valence electrons. The van der Waals surface area contributed by atoms with E-state index in [-0.39, 0.29) is 0 Å². The predicted molar refractivity (Wildman–Crippen MR) is 83.8 cm³/mol. The highest BCUT2D eigenvalue weighted by molar-refractivity contribution is 5.83. The van der Waals surface area contributed by atoms with Gasteiger partial charge in [-0.3, -0.25) is 5.32 Å². The molecule has 1 aliphatic rings. The third-order valence-corrected chi connectivity index (χ3v) is 3.19. The molecule has 1 N–H and O–H groups in total. The maximum Gasteiger partial charge on any atom is 0.413 e. The van der Waals surface area contributed by atoms with Crippen molar-refractivity contribution in [2.75, 3.05) is 43.4 Å². The number of rotatable bonds is 2. The average Bonchev–Trinajstić information content (AvgIpc) is 2.37. The van der Waals surface area contributed by atoms with Crippen molar-refractivity contribution < 1.29 is 9.53 Å². The molecule has 0 aliphatic carbocycles. The van der Waals surface area contributed by atoms with Crippen LogP contribution in [0.1, 0.15) is 20.8 Å². The second-order valence-corrected chi connectivity index (χ2v) is 6.30. The molecular formula is C15H24N4O2. The van der Waals surface area contributed by atoms with Crippen LogP contribution >= 0.6 is 0 Å². The van der Waals surface area contributed by atoms with Gasteiger partial charge in [-0.25, -0.2) is 9.78 Å². The van der Waals surface area contributed by atoms with Crippen molar-refractivity contribution >= 4 is 17.7 Å². The highest BCUT2D eigenvalue weighted by Crippen LogP contribution is 2.17. The molecule has 0 radical (unpaired) electrons. The Morgan fingerprint density at radius 3 is 2.52 bits per heavy atom. The normalized spacial score (nSPS) is 16.7. The van der Waals surface area contributed by atoms with Crippen molar-refractivity contribution in [2.24, 2.45) is 0 Å². The van der Waals surface area contributed by atoms with Crippen LogP contribution in [-0.4, -0.2) is 54.8 Å². The van der Waals surface area contributed by atoms with Gasteiger partial charge >= 0.3 is 6.09 Å². The quantitative estimate of drug-likeness (QED) is 0.905. The maximum atomic E-state index is 11.8. The molecular weight excluding hydrogens is 268 g/mol. The smallest absolute Gasteiger partial charge is 0.413 e. The minimum absolute atomic E-state index is 0.481. The summed E-state index contributed by atoms with van der Waals surface area (Å²) < 4.78 is 5.23. The summed E-state index contributed by atoms with van der Waals surface area (Å²) in [7, 11) is 2.12. The van der Waals surface area contributed by atoms with Gasteiger partial charge in [0.1, 0.15) is 17.2 Å². The van der Waals surface area contributed by atoms with E-state index in [1.807, 2.05) is 32.9 Å². The number of amides is 1. The number of hydrogen-bond donors (Lipinski definition) is 1. The Balaban J connectivity index is 1.99. The van der Waals surface area contributed by atoms with Crippen LogP contribution < -0.4 is 10.2 Å². The molecule has 21 heavy (non-hydrogen) atoms. The molecule has 2 heterocycles. The molecule has 1 saturated heterocycles. The number of nitrogens with one attached hydrogen (secondary N) is 1. The summed E-state index contributed by atoms with van der Waals surface area (Å²) in [6.07, 6.45) is -0.481. The third kappa shape index (κ3) is 4.90. The summed E-state index contributed by atoms with van der Waals surface area (Å²) in [5.74, 6) is 1.40. The van der Waals surface area contributed by atoms with Gasteiger partial charge in [0, 0.05) is 26.2 Å². The fourth-order valence-corrected chi connectivity index (χ4v) is 2.11. The zero-order chi connectivity index (χ0) is 15.5. The minimum atomic E-state index is -0.515. The molecule has 0 unspecified atom stereocenters. The fraction of sp³-hybridized carbons (Fsp3) is 0.600. The van der Waals surface area contributed by atoms with Gasteiger partial charge in [-0.2, -0.15) is 0 Å². The molecule has 1 amide bonds. The van der Waals surface area contributed by atoms with Crippen molar-refractivity contribution in [3.8, 4) is 0 Å². The van der Waals surface area contributed by atoms with Crippen molar-refractivity contribution in [2.45, 2.75) is 26.4 Å². The molecule has 1 aromatic rings. The topological polar surface area (TPSA) is 57.7 Å². The van der Waals surface area contributed by atoms with Gasteiger partial charge in [-0.05, 0) is 40.0 Å². The lowest BCUT2D eigenvalue weighted by molar-refractivity contribution is 0.0635. The molecule has 0 bridgehead atoms. The largest absolute Gasteiger partial charge is 0.444 e. The SMILES string of the molecule is CN1CCN(c2cccc(NC(=O)OC(C)(C)C)n2)CC1. The molecule has 0 spiro atoms. The summed E-state index contributed by atoms with van der Waals surface area (Å²) in [4.78, 5) is 20.8. The van der Waals surface area contributed by atoms with E-state index in [2.05, 4.69) is 27.1 Å². The van der Waals surface area contributed by atoms with Crippen LogP contribution in [0.15, 0.2) is 18.2 Å². The number of hydrogen-bond acceptors (Lipinski definition) is 5. The van der Waals surface area contributed by atoms with E-state index in [4.69, 9.17) is 4.74 Å². The van der Waals surface area contributed by atoms with Crippen molar-refractivity contribution in [3.63, 3.8) is 0 Å². The van der Waals surface area contributed by atoms with Gasteiger partial charge in [0.2, 0.25) is 0 Å². The Hall–Kier alpha value is -1.82. The minimum Gasteiger partial charge on any atom is -0.444 e. The average molecular weight is 292 g/mol. The Morgan fingerprint density at radius 1 is 1.24 bits per heavy atom. The summed E-state index contributed by atoms with van der Waals surface area (Å²) >= 11 is 0. The Kier molecular flexibility index (Phi) is 4.67.